The highest BCUT2D eigenvalue weighted by molar-refractivity contribution is 6.24. The topological polar surface area (TPSA) is 99.2 Å². The molecule has 2 aliphatic heterocycles. The Hall–Kier alpha value is -3.42. The van der Waals surface area contributed by atoms with Gasteiger partial charge >= 0.3 is 11.9 Å². The van der Waals surface area contributed by atoms with E-state index < -0.39 is 35.7 Å². The molecule has 134 valence electrons. The zero-order valence-electron chi connectivity index (χ0n) is 14.3. The van der Waals surface area contributed by atoms with Crippen LogP contribution in [0.3, 0.4) is 0 Å². The van der Waals surface area contributed by atoms with Gasteiger partial charge in [-0.05, 0) is 26.0 Å². The van der Waals surface area contributed by atoms with Crippen molar-refractivity contribution in [3.05, 3.63) is 58.5 Å². The van der Waals surface area contributed by atoms with Gasteiger partial charge in [0.25, 0.3) is 18.1 Å². The summed E-state index contributed by atoms with van der Waals surface area (Å²) in [7, 11) is 1.11. The van der Waals surface area contributed by atoms with Crippen molar-refractivity contribution in [1.82, 2.24) is 4.90 Å². The number of nitrogens with zero attached hydrogens (tertiary/aromatic N) is 1. The van der Waals surface area contributed by atoms with Crippen molar-refractivity contribution in [3.8, 4) is 0 Å². The second kappa shape index (κ2) is 6.47. The largest absolute Gasteiger partial charge is 0.464 e. The first kappa shape index (κ1) is 17.4. The fourth-order valence-electron chi connectivity index (χ4n) is 2.57. The summed E-state index contributed by atoms with van der Waals surface area (Å²) >= 11 is 0. The SMILES string of the molecule is COC(=O)/C(=C/O[C@H]1OC(=O)C(C)=C1C)N1C(=O)c2ccccc2C1=O. The lowest BCUT2D eigenvalue weighted by Gasteiger charge is -2.17. The number of rotatable bonds is 4. The summed E-state index contributed by atoms with van der Waals surface area (Å²) in [4.78, 5) is 49.4. The summed E-state index contributed by atoms with van der Waals surface area (Å²) in [5, 5.41) is 0. The van der Waals surface area contributed by atoms with Crippen molar-refractivity contribution in [3.63, 3.8) is 0 Å². The van der Waals surface area contributed by atoms with Crippen LogP contribution in [0.2, 0.25) is 0 Å². The molecular weight excluding hydrogens is 342 g/mol. The Balaban J connectivity index is 1.93. The van der Waals surface area contributed by atoms with Gasteiger partial charge in [0.2, 0.25) is 0 Å². The highest BCUT2D eigenvalue weighted by Gasteiger charge is 2.41. The van der Waals surface area contributed by atoms with Crippen molar-refractivity contribution < 1.29 is 33.4 Å². The van der Waals surface area contributed by atoms with Crippen LogP contribution in [-0.4, -0.2) is 42.1 Å². The Morgan fingerprint density at radius 2 is 1.69 bits per heavy atom. The van der Waals surface area contributed by atoms with Gasteiger partial charge in [0.05, 0.1) is 18.2 Å². The molecule has 2 heterocycles. The van der Waals surface area contributed by atoms with Crippen LogP contribution in [0.5, 0.6) is 0 Å². The molecule has 0 saturated heterocycles. The smallest absolute Gasteiger partial charge is 0.358 e. The van der Waals surface area contributed by atoms with Crippen molar-refractivity contribution in [2.24, 2.45) is 0 Å². The summed E-state index contributed by atoms with van der Waals surface area (Å²) in [5.74, 6) is -2.82. The molecule has 2 aliphatic rings. The molecule has 1 atom stereocenters. The van der Waals surface area contributed by atoms with Crippen molar-refractivity contribution >= 4 is 23.8 Å². The van der Waals surface area contributed by atoms with E-state index in [1.165, 1.54) is 12.1 Å². The maximum atomic E-state index is 12.5. The van der Waals surface area contributed by atoms with E-state index in [9.17, 15) is 19.2 Å². The predicted molar refractivity (Wildman–Crippen MR) is 86.4 cm³/mol. The lowest BCUT2D eigenvalue weighted by molar-refractivity contribution is -0.153. The van der Waals surface area contributed by atoms with Crippen LogP contribution in [-0.2, 0) is 23.8 Å². The molecule has 0 aromatic heterocycles. The molecule has 0 spiro atoms. The number of benzene rings is 1. The third-order valence-corrected chi connectivity index (χ3v) is 4.20. The Labute approximate surface area is 148 Å². The highest BCUT2D eigenvalue weighted by atomic mass is 16.7. The number of ether oxygens (including phenoxy) is 3. The molecule has 0 unspecified atom stereocenters. The molecule has 0 bridgehead atoms. The van der Waals surface area contributed by atoms with Gasteiger partial charge in [-0.3, -0.25) is 9.59 Å². The number of carbonyl (C=O) groups is 4. The van der Waals surface area contributed by atoms with Gasteiger partial charge in [-0.15, -0.1) is 0 Å². The highest BCUT2D eigenvalue weighted by Crippen LogP contribution is 2.28. The standard InChI is InChI=1S/C18H15NO7/c1-9-10(2)18(26-16(9)22)25-8-13(17(23)24-3)19-14(20)11-6-4-5-7-12(11)15(19)21/h4-8,18H,1-3H3/b13-8-/t18-/m0/s1. The normalized spacial score (nSPS) is 19.7. The minimum atomic E-state index is -1.04. The lowest BCUT2D eigenvalue weighted by atomic mass is 10.1. The summed E-state index contributed by atoms with van der Waals surface area (Å²) in [6.45, 7) is 3.22. The van der Waals surface area contributed by atoms with Crippen LogP contribution in [0.15, 0.2) is 47.4 Å². The Morgan fingerprint density at radius 3 is 2.15 bits per heavy atom. The molecule has 1 aromatic rings. The van der Waals surface area contributed by atoms with Gasteiger partial charge < -0.3 is 14.2 Å². The molecule has 0 N–H and O–H groups in total. The van der Waals surface area contributed by atoms with Gasteiger partial charge in [0, 0.05) is 11.1 Å². The first-order valence-electron chi connectivity index (χ1n) is 7.67. The Kier molecular flexibility index (Phi) is 4.33. The van der Waals surface area contributed by atoms with Gasteiger partial charge in [-0.2, -0.15) is 0 Å². The fourth-order valence-corrected chi connectivity index (χ4v) is 2.57. The third kappa shape index (κ3) is 2.65. The van der Waals surface area contributed by atoms with Gasteiger partial charge in [-0.1, -0.05) is 12.1 Å². The van der Waals surface area contributed by atoms with Crippen LogP contribution >= 0.6 is 0 Å². The van der Waals surface area contributed by atoms with Crippen molar-refractivity contribution in [2.75, 3.05) is 7.11 Å². The monoisotopic (exact) mass is 357 g/mol. The van der Waals surface area contributed by atoms with Crippen LogP contribution in [0.1, 0.15) is 34.6 Å². The van der Waals surface area contributed by atoms with E-state index in [0.717, 1.165) is 13.4 Å². The number of hydrogen-bond acceptors (Lipinski definition) is 7. The first-order chi connectivity index (χ1) is 12.4. The predicted octanol–water partition coefficient (Wildman–Crippen LogP) is 1.53. The zero-order valence-corrected chi connectivity index (χ0v) is 14.3. The number of hydrogen-bond donors (Lipinski definition) is 0. The summed E-state index contributed by atoms with van der Waals surface area (Å²) < 4.78 is 15.0. The molecule has 26 heavy (non-hydrogen) atoms. The number of imide groups is 1. The number of amides is 2. The average Bonchev–Trinajstić information content (AvgIpc) is 3.04. The molecule has 3 rings (SSSR count). The number of carbonyl (C=O) groups excluding carboxylic acids is 4. The van der Waals surface area contributed by atoms with E-state index >= 15 is 0 Å². The second-order valence-corrected chi connectivity index (χ2v) is 5.67. The molecule has 0 saturated carbocycles. The minimum absolute atomic E-state index is 0.173. The Morgan fingerprint density at radius 1 is 1.12 bits per heavy atom. The zero-order chi connectivity index (χ0) is 19.0. The number of fused-ring (bicyclic) bond motifs is 1. The number of methoxy groups -OCH3 is 1. The first-order valence-corrected chi connectivity index (χ1v) is 7.67. The second-order valence-electron chi connectivity index (χ2n) is 5.67. The number of esters is 2. The van der Waals surface area contributed by atoms with Crippen LogP contribution in [0.25, 0.3) is 0 Å². The fraction of sp³-hybridized carbons (Fsp3) is 0.222. The van der Waals surface area contributed by atoms with Gasteiger partial charge in [0.15, 0.2) is 5.70 Å². The molecule has 8 nitrogen and oxygen atoms in total. The quantitative estimate of drug-likeness (QED) is 0.349. The molecule has 0 aliphatic carbocycles. The van der Waals surface area contributed by atoms with Crippen LogP contribution < -0.4 is 0 Å². The van der Waals surface area contributed by atoms with Gasteiger partial charge in [0.1, 0.15) is 6.26 Å². The van der Waals surface area contributed by atoms with E-state index in [4.69, 9.17) is 9.47 Å². The summed E-state index contributed by atoms with van der Waals surface area (Å²) in [6.07, 6.45) is -0.148. The van der Waals surface area contributed by atoms with Gasteiger partial charge in [-0.25, -0.2) is 14.5 Å². The average molecular weight is 357 g/mol. The maximum absolute atomic E-state index is 12.5. The molecule has 1 aromatic carbocycles. The maximum Gasteiger partial charge on any atom is 0.358 e. The van der Waals surface area contributed by atoms with Crippen LogP contribution in [0.4, 0.5) is 0 Å². The van der Waals surface area contributed by atoms with E-state index in [1.54, 1.807) is 26.0 Å². The van der Waals surface area contributed by atoms with E-state index in [0.29, 0.717) is 16.0 Å². The molecule has 0 fully saturated rings. The van der Waals surface area contributed by atoms with E-state index in [-0.39, 0.29) is 11.1 Å². The van der Waals surface area contributed by atoms with Crippen molar-refractivity contribution in [1.29, 1.82) is 0 Å². The molecule has 0 radical (unpaired) electrons. The summed E-state index contributed by atoms with van der Waals surface area (Å²) in [5.41, 5.74) is 0.853. The molecule has 8 heteroatoms. The van der Waals surface area contributed by atoms with Crippen molar-refractivity contribution in [2.45, 2.75) is 20.1 Å². The minimum Gasteiger partial charge on any atom is -0.464 e. The van der Waals surface area contributed by atoms with E-state index in [2.05, 4.69) is 4.74 Å². The summed E-state index contributed by atoms with van der Waals surface area (Å²) in [6, 6.07) is 6.20. The lowest BCUT2D eigenvalue weighted by Crippen LogP contribution is -2.34. The van der Waals surface area contributed by atoms with Crippen LogP contribution in [0, 0.1) is 0 Å². The van der Waals surface area contributed by atoms with E-state index in [1.807, 2.05) is 0 Å². The third-order valence-electron chi connectivity index (χ3n) is 4.20. The molecular formula is C18H15NO7. The number of cyclic esters (lactones) is 1. The Bertz CT molecular complexity index is 862. The molecule has 2 amide bonds.